The molecule has 2 aromatic rings. The maximum Gasteiger partial charge on any atom is 0.239 e. The maximum atomic E-state index is 6.23. The zero-order chi connectivity index (χ0) is 13.6. The van der Waals surface area contributed by atoms with Crippen LogP contribution in [0.3, 0.4) is 0 Å². The Kier molecular flexibility index (Phi) is 2.97. The molecule has 19 heavy (non-hydrogen) atoms. The first-order valence-corrected chi connectivity index (χ1v) is 6.88. The first kappa shape index (κ1) is 12.5. The van der Waals surface area contributed by atoms with Gasteiger partial charge in [0.1, 0.15) is 5.82 Å². The summed E-state index contributed by atoms with van der Waals surface area (Å²) in [5.74, 6) is 2.27. The van der Waals surface area contributed by atoms with Crippen LogP contribution in [0.15, 0.2) is 18.2 Å². The predicted molar refractivity (Wildman–Crippen MR) is 76.2 cm³/mol. The second kappa shape index (κ2) is 4.53. The molecule has 1 aromatic heterocycles. The Morgan fingerprint density at radius 3 is 3.00 bits per heavy atom. The van der Waals surface area contributed by atoms with E-state index in [2.05, 4.69) is 30.0 Å². The van der Waals surface area contributed by atoms with E-state index in [4.69, 9.17) is 17.3 Å². The number of nitrogen functional groups attached to an aromatic ring is 1. The lowest BCUT2D eigenvalue weighted by atomic mass is 9.81. The standard InChI is InChI=1S/C14H17ClN4/c1-8-6-13-17-14(16)18-19(13)7-11(8)10-4-3-5-12(15)9(10)2/h3-5,8,11H,6-7H2,1-2H3,(H2,16,18). The van der Waals surface area contributed by atoms with Gasteiger partial charge >= 0.3 is 0 Å². The molecule has 1 aromatic carbocycles. The van der Waals surface area contributed by atoms with Crippen LogP contribution in [0.1, 0.15) is 29.8 Å². The number of hydrogen-bond donors (Lipinski definition) is 1. The average Bonchev–Trinajstić information content (AvgIpc) is 2.71. The smallest absolute Gasteiger partial charge is 0.239 e. The fraction of sp³-hybridized carbons (Fsp3) is 0.429. The molecule has 0 saturated carbocycles. The average molecular weight is 277 g/mol. The Morgan fingerprint density at radius 1 is 1.42 bits per heavy atom. The van der Waals surface area contributed by atoms with Crippen molar-refractivity contribution in [1.82, 2.24) is 14.8 Å². The number of nitrogens with zero attached hydrogens (tertiary/aromatic N) is 3. The van der Waals surface area contributed by atoms with Crippen LogP contribution < -0.4 is 5.73 Å². The number of aromatic nitrogens is 3. The van der Waals surface area contributed by atoms with Gasteiger partial charge in [-0.25, -0.2) is 4.68 Å². The first-order valence-electron chi connectivity index (χ1n) is 6.50. The van der Waals surface area contributed by atoms with E-state index in [-0.39, 0.29) is 0 Å². The number of benzene rings is 1. The summed E-state index contributed by atoms with van der Waals surface area (Å²) in [6.07, 6.45) is 0.904. The van der Waals surface area contributed by atoms with Crippen molar-refractivity contribution in [2.45, 2.75) is 32.7 Å². The molecule has 1 aliphatic rings. The van der Waals surface area contributed by atoms with Crippen LogP contribution in [0.2, 0.25) is 5.02 Å². The summed E-state index contributed by atoms with van der Waals surface area (Å²) in [6, 6.07) is 6.11. The van der Waals surface area contributed by atoms with Crippen LogP contribution in [-0.4, -0.2) is 14.8 Å². The Balaban J connectivity index is 2.00. The Morgan fingerprint density at radius 2 is 2.21 bits per heavy atom. The molecular formula is C14H17ClN4. The van der Waals surface area contributed by atoms with Gasteiger partial charge in [0.2, 0.25) is 5.95 Å². The van der Waals surface area contributed by atoms with Crippen molar-refractivity contribution in [1.29, 1.82) is 0 Å². The first-order chi connectivity index (χ1) is 9.06. The number of hydrogen-bond acceptors (Lipinski definition) is 3. The van der Waals surface area contributed by atoms with Crippen LogP contribution >= 0.6 is 11.6 Å². The quantitative estimate of drug-likeness (QED) is 0.871. The van der Waals surface area contributed by atoms with Gasteiger partial charge in [-0.15, -0.1) is 5.10 Å². The highest BCUT2D eigenvalue weighted by atomic mass is 35.5. The fourth-order valence-electron chi connectivity index (χ4n) is 2.92. The number of nitrogens with two attached hydrogens (primary N) is 1. The largest absolute Gasteiger partial charge is 0.366 e. The molecule has 5 heteroatoms. The van der Waals surface area contributed by atoms with E-state index in [1.165, 1.54) is 5.56 Å². The van der Waals surface area contributed by atoms with Gasteiger partial charge in [-0.3, -0.25) is 0 Å². The third-order valence-corrected chi connectivity index (χ3v) is 4.44. The minimum atomic E-state index is 0.366. The van der Waals surface area contributed by atoms with Gasteiger partial charge in [0, 0.05) is 17.4 Å². The molecule has 4 nitrogen and oxygen atoms in total. The molecule has 0 fully saturated rings. The molecule has 2 heterocycles. The molecule has 0 bridgehead atoms. The molecule has 2 unspecified atom stereocenters. The molecule has 100 valence electrons. The Bertz CT molecular complexity index is 620. The summed E-state index contributed by atoms with van der Waals surface area (Å²) in [6.45, 7) is 5.15. The third-order valence-electron chi connectivity index (χ3n) is 4.03. The van der Waals surface area contributed by atoms with E-state index in [0.717, 1.165) is 29.4 Å². The van der Waals surface area contributed by atoms with Crippen molar-refractivity contribution < 1.29 is 0 Å². The highest BCUT2D eigenvalue weighted by Crippen LogP contribution is 2.36. The molecule has 1 aliphatic heterocycles. The SMILES string of the molecule is Cc1c(Cl)cccc1C1Cn2nc(N)nc2CC1C. The van der Waals surface area contributed by atoms with Crippen molar-refractivity contribution in [3.63, 3.8) is 0 Å². The highest BCUT2D eigenvalue weighted by Gasteiger charge is 2.29. The zero-order valence-electron chi connectivity index (χ0n) is 11.1. The summed E-state index contributed by atoms with van der Waals surface area (Å²) < 4.78 is 1.93. The minimum absolute atomic E-state index is 0.366. The summed E-state index contributed by atoms with van der Waals surface area (Å²) >= 11 is 6.23. The predicted octanol–water partition coefficient (Wildman–Crippen LogP) is 2.80. The van der Waals surface area contributed by atoms with Gasteiger partial charge in [0.25, 0.3) is 0 Å². The van der Waals surface area contributed by atoms with E-state index in [1.807, 2.05) is 16.8 Å². The lowest BCUT2D eigenvalue weighted by Crippen LogP contribution is -2.27. The van der Waals surface area contributed by atoms with E-state index >= 15 is 0 Å². The second-order valence-electron chi connectivity index (χ2n) is 5.31. The third kappa shape index (κ3) is 2.10. The van der Waals surface area contributed by atoms with E-state index < -0.39 is 0 Å². The summed E-state index contributed by atoms with van der Waals surface area (Å²) in [4.78, 5) is 4.27. The van der Waals surface area contributed by atoms with E-state index in [9.17, 15) is 0 Å². The Labute approximate surface area is 117 Å². The van der Waals surface area contributed by atoms with Gasteiger partial charge in [-0.2, -0.15) is 4.98 Å². The van der Waals surface area contributed by atoms with Crippen LogP contribution in [-0.2, 0) is 13.0 Å². The highest BCUT2D eigenvalue weighted by molar-refractivity contribution is 6.31. The molecule has 2 N–H and O–H groups in total. The van der Waals surface area contributed by atoms with Gasteiger partial charge < -0.3 is 5.73 Å². The molecule has 0 saturated heterocycles. The number of anilines is 1. The van der Waals surface area contributed by atoms with E-state index in [0.29, 0.717) is 17.8 Å². The Hall–Kier alpha value is -1.55. The van der Waals surface area contributed by atoms with Crippen LogP contribution in [0, 0.1) is 12.8 Å². The van der Waals surface area contributed by atoms with Crippen LogP contribution in [0.25, 0.3) is 0 Å². The van der Waals surface area contributed by atoms with Crippen molar-refractivity contribution in [3.8, 4) is 0 Å². The topological polar surface area (TPSA) is 56.7 Å². The maximum absolute atomic E-state index is 6.23. The van der Waals surface area contributed by atoms with Gasteiger partial charge in [-0.1, -0.05) is 30.7 Å². The summed E-state index contributed by atoms with van der Waals surface area (Å²) in [5.41, 5.74) is 8.15. The van der Waals surface area contributed by atoms with Crippen molar-refractivity contribution in [2.75, 3.05) is 5.73 Å². The van der Waals surface area contributed by atoms with Gasteiger partial charge in [0.15, 0.2) is 0 Å². The van der Waals surface area contributed by atoms with Crippen molar-refractivity contribution in [3.05, 3.63) is 40.2 Å². The van der Waals surface area contributed by atoms with Crippen LogP contribution in [0.4, 0.5) is 5.95 Å². The second-order valence-corrected chi connectivity index (χ2v) is 5.72. The zero-order valence-corrected chi connectivity index (χ0v) is 11.9. The van der Waals surface area contributed by atoms with Crippen molar-refractivity contribution in [2.24, 2.45) is 5.92 Å². The van der Waals surface area contributed by atoms with Crippen LogP contribution in [0.5, 0.6) is 0 Å². The normalized spacial score (nSPS) is 22.3. The van der Waals surface area contributed by atoms with Crippen molar-refractivity contribution >= 4 is 17.5 Å². The molecular weight excluding hydrogens is 260 g/mol. The minimum Gasteiger partial charge on any atom is -0.366 e. The molecule has 0 radical (unpaired) electrons. The summed E-state index contributed by atoms with van der Waals surface area (Å²) in [7, 11) is 0. The molecule has 0 aliphatic carbocycles. The van der Waals surface area contributed by atoms with Gasteiger partial charge in [0.05, 0.1) is 6.54 Å². The fourth-order valence-corrected chi connectivity index (χ4v) is 3.10. The number of halogens is 1. The lowest BCUT2D eigenvalue weighted by molar-refractivity contribution is 0.329. The summed E-state index contributed by atoms with van der Waals surface area (Å²) in [5, 5.41) is 5.09. The molecule has 0 spiro atoms. The molecule has 2 atom stereocenters. The number of rotatable bonds is 1. The van der Waals surface area contributed by atoms with E-state index in [1.54, 1.807) is 0 Å². The monoisotopic (exact) mass is 276 g/mol. The van der Waals surface area contributed by atoms with Gasteiger partial charge in [-0.05, 0) is 30.0 Å². The molecule has 3 rings (SSSR count). The molecule has 0 amide bonds. The number of fused-ring (bicyclic) bond motifs is 1. The lowest BCUT2D eigenvalue weighted by Gasteiger charge is -2.30.